The molecule has 3 aliphatic rings. The maximum atomic E-state index is 14.9. The molecule has 3 amide bonds. The molecule has 0 saturated carbocycles. The van der Waals surface area contributed by atoms with Gasteiger partial charge in [-0.15, -0.1) is 13.2 Å². The van der Waals surface area contributed by atoms with Crippen LogP contribution < -0.4 is 4.90 Å². The molecule has 5 rings (SSSR count). The first-order valence-corrected chi connectivity index (χ1v) is 18.1. The van der Waals surface area contributed by atoms with Crippen LogP contribution in [0.5, 0.6) is 0 Å². The molecular formula is C39H48BrN3O7. The number of alkyl halides is 1. The predicted octanol–water partition coefficient (Wildman–Crippen LogP) is 5.05. The number of allylic oxidation sites excluding steroid dienone is 1. The Balaban J connectivity index is 1.54. The predicted molar refractivity (Wildman–Crippen MR) is 195 cm³/mol. The van der Waals surface area contributed by atoms with Gasteiger partial charge < -0.3 is 29.3 Å². The number of carbonyl (C=O) groups is 4. The molecule has 50 heavy (non-hydrogen) atoms. The second-order valence-corrected chi connectivity index (χ2v) is 15.0. The first-order chi connectivity index (χ1) is 23.8. The zero-order valence-corrected chi connectivity index (χ0v) is 31.0. The van der Waals surface area contributed by atoms with Crippen molar-refractivity contribution in [1.82, 2.24) is 9.80 Å². The number of aliphatic hydroxyl groups is 1. The van der Waals surface area contributed by atoms with E-state index in [0.717, 1.165) is 11.1 Å². The van der Waals surface area contributed by atoms with Gasteiger partial charge in [-0.1, -0.05) is 70.5 Å². The van der Waals surface area contributed by atoms with Crippen LogP contribution in [0.3, 0.4) is 0 Å². The summed E-state index contributed by atoms with van der Waals surface area (Å²) in [5, 5.41) is 10.4. The number of benzene rings is 2. The highest BCUT2D eigenvalue weighted by Crippen LogP contribution is 2.61. The van der Waals surface area contributed by atoms with Gasteiger partial charge in [-0.05, 0) is 63.3 Å². The van der Waals surface area contributed by atoms with E-state index in [0.29, 0.717) is 24.1 Å². The van der Waals surface area contributed by atoms with E-state index < -0.39 is 59.6 Å². The van der Waals surface area contributed by atoms with Crippen LogP contribution in [0.2, 0.25) is 0 Å². The lowest BCUT2D eigenvalue weighted by molar-refractivity contribution is -0.165. The van der Waals surface area contributed by atoms with E-state index in [2.05, 4.69) is 29.1 Å². The third kappa shape index (κ3) is 6.55. The Hall–Kier alpha value is -3.80. The van der Waals surface area contributed by atoms with Crippen molar-refractivity contribution < 1.29 is 33.8 Å². The van der Waals surface area contributed by atoms with Crippen LogP contribution in [0, 0.1) is 25.7 Å². The lowest BCUT2D eigenvalue weighted by Gasteiger charge is -2.39. The number of likely N-dealkylation sites (N-methyl/N-ethyl adjacent to an activating group) is 1. The summed E-state index contributed by atoms with van der Waals surface area (Å²) in [6.45, 7) is 14.8. The van der Waals surface area contributed by atoms with E-state index >= 15 is 0 Å². The molecule has 11 heteroatoms. The number of nitrogens with zero attached hydrogens (tertiary/aromatic N) is 3. The largest absolute Gasteiger partial charge is 0.455 e. The number of esters is 1. The number of likely N-dealkylation sites (tertiary alicyclic amines) is 1. The number of amides is 3. The van der Waals surface area contributed by atoms with Crippen LogP contribution in [-0.2, 0) is 28.7 Å². The highest BCUT2D eigenvalue weighted by Gasteiger charge is 2.77. The molecule has 9 atom stereocenters. The molecule has 2 bridgehead atoms. The number of halogens is 1. The normalized spacial score (nSPS) is 26.9. The number of anilines is 1. The van der Waals surface area contributed by atoms with Crippen molar-refractivity contribution >= 4 is 45.3 Å². The van der Waals surface area contributed by atoms with Gasteiger partial charge in [-0.25, -0.2) is 0 Å². The second-order valence-electron chi connectivity index (χ2n) is 13.8. The molecule has 1 unspecified atom stereocenters. The minimum atomic E-state index is -1.36. The van der Waals surface area contributed by atoms with Crippen LogP contribution in [0.4, 0.5) is 5.69 Å². The molecule has 268 valence electrons. The molecule has 1 spiro atoms. The van der Waals surface area contributed by atoms with Gasteiger partial charge in [-0.3, -0.25) is 19.2 Å². The topological polar surface area (TPSA) is 117 Å². The molecular weight excluding hydrogens is 702 g/mol. The quantitative estimate of drug-likeness (QED) is 0.163. The average Bonchev–Trinajstić information content (AvgIpc) is 3.71. The number of aliphatic hydroxyl groups excluding tert-OH is 1. The summed E-state index contributed by atoms with van der Waals surface area (Å²) >= 11 is 3.73. The summed E-state index contributed by atoms with van der Waals surface area (Å²) in [5.74, 6) is -3.64. The molecule has 3 fully saturated rings. The monoisotopic (exact) mass is 749 g/mol. The third-order valence-electron chi connectivity index (χ3n) is 10.6. The summed E-state index contributed by atoms with van der Waals surface area (Å²) < 4.78 is 13.0. The Morgan fingerprint density at radius 3 is 2.48 bits per heavy atom. The van der Waals surface area contributed by atoms with Crippen LogP contribution >= 0.6 is 15.9 Å². The zero-order valence-electron chi connectivity index (χ0n) is 29.5. The minimum Gasteiger partial charge on any atom is -0.455 e. The smallest absolute Gasteiger partial charge is 0.313 e. The lowest BCUT2D eigenvalue weighted by atomic mass is 9.70. The van der Waals surface area contributed by atoms with Gasteiger partial charge in [0.1, 0.15) is 17.7 Å². The number of hydrogen-bond acceptors (Lipinski definition) is 7. The van der Waals surface area contributed by atoms with Gasteiger partial charge in [0, 0.05) is 30.5 Å². The fourth-order valence-corrected chi connectivity index (χ4v) is 8.84. The summed E-state index contributed by atoms with van der Waals surface area (Å²) in [5.41, 5.74) is 1.85. The standard InChI is InChI=1S/C39H48BrN3O7/c1-8-10-16-30(45)41(7)26(6)33(27-14-12-11-13-15-27)49-38(48)31-32-36(46)43(25(5)22-44)35(39(32)21-28(40)34(31)50-39)37(47)42(19-9-2)29-20-23(3)17-18-24(29)4/h8-9,11-15,17-18,20,25-26,28,31-35,44H,1-2,10,16,19,21-22H2,3-7H3/t25-,26+,28?,31-,32+,33-,34-,35-,39+/m1/s1. The van der Waals surface area contributed by atoms with Crippen molar-refractivity contribution in [2.45, 2.75) is 87.7 Å². The van der Waals surface area contributed by atoms with Crippen molar-refractivity contribution in [3.05, 3.63) is 90.5 Å². The van der Waals surface area contributed by atoms with Gasteiger partial charge in [0.25, 0.3) is 5.91 Å². The maximum Gasteiger partial charge on any atom is 0.313 e. The van der Waals surface area contributed by atoms with Crippen molar-refractivity contribution in [2.75, 3.05) is 25.1 Å². The van der Waals surface area contributed by atoms with Crippen molar-refractivity contribution in [3.63, 3.8) is 0 Å². The van der Waals surface area contributed by atoms with Gasteiger partial charge in [0.2, 0.25) is 11.8 Å². The summed E-state index contributed by atoms with van der Waals surface area (Å²) in [7, 11) is 1.68. The summed E-state index contributed by atoms with van der Waals surface area (Å²) in [4.78, 5) is 61.3. The third-order valence-corrected chi connectivity index (χ3v) is 11.4. The number of hydrogen-bond donors (Lipinski definition) is 1. The maximum absolute atomic E-state index is 14.9. The van der Waals surface area contributed by atoms with E-state index in [1.807, 2.05) is 69.3 Å². The Morgan fingerprint density at radius 1 is 1.14 bits per heavy atom. The first kappa shape index (κ1) is 37.5. The highest BCUT2D eigenvalue weighted by molar-refractivity contribution is 9.09. The number of carbonyl (C=O) groups excluding carboxylic acids is 4. The molecule has 2 aromatic rings. The molecule has 1 N–H and O–H groups in total. The zero-order chi connectivity index (χ0) is 36.5. The Kier molecular flexibility index (Phi) is 11.4. The van der Waals surface area contributed by atoms with Gasteiger partial charge in [0.15, 0.2) is 0 Å². The molecule has 3 heterocycles. The number of fused-ring (bicyclic) bond motifs is 1. The molecule has 10 nitrogen and oxygen atoms in total. The van der Waals surface area contributed by atoms with Crippen LogP contribution in [0.25, 0.3) is 0 Å². The molecule has 2 aromatic carbocycles. The Bertz CT molecular complexity index is 1630. The van der Waals surface area contributed by atoms with Crippen LogP contribution in [0.1, 0.15) is 55.9 Å². The van der Waals surface area contributed by atoms with Crippen LogP contribution in [-0.4, -0.2) is 93.5 Å². The fourth-order valence-electron chi connectivity index (χ4n) is 7.90. The fraction of sp³-hybridized carbons (Fsp3) is 0.487. The van der Waals surface area contributed by atoms with E-state index in [9.17, 15) is 24.3 Å². The highest BCUT2D eigenvalue weighted by atomic mass is 79.9. The van der Waals surface area contributed by atoms with Gasteiger partial charge in [-0.2, -0.15) is 0 Å². The number of aryl methyl sites for hydroxylation is 2. The van der Waals surface area contributed by atoms with E-state index in [1.165, 1.54) is 4.90 Å². The second kappa shape index (κ2) is 15.2. The number of rotatable bonds is 14. The molecule has 0 radical (unpaired) electrons. The average molecular weight is 751 g/mol. The van der Waals surface area contributed by atoms with E-state index in [4.69, 9.17) is 9.47 Å². The Morgan fingerprint density at radius 2 is 1.84 bits per heavy atom. The lowest BCUT2D eigenvalue weighted by Crippen LogP contribution is -2.59. The van der Waals surface area contributed by atoms with Gasteiger partial charge in [0.05, 0.1) is 36.6 Å². The summed E-state index contributed by atoms with van der Waals surface area (Å²) in [6, 6.07) is 12.6. The molecule has 3 saturated heterocycles. The Labute approximate surface area is 303 Å². The van der Waals surface area contributed by atoms with Crippen molar-refractivity contribution in [1.29, 1.82) is 0 Å². The minimum absolute atomic E-state index is 0.119. The van der Waals surface area contributed by atoms with E-state index in [1.54, 1.807) is 35.9 Å². The number of ether oxygens (including phenoxy) is 2. The van der Waals surface area contributed by atoms with E-state index in [-0.39, 0.29) is 36.2 Å². The van der Waals surface area contributed by atoms with Crippen molar-refractivity contribution in [3.8, 4) is 0 Å². The van der Waals surface area contributed by atoms with Gasteiger partial charge >= 0.3 is 5.97 Å². The summed E-state index contributed by atoms with van der Waals surface area (Å²) in [6.07, 6.45) is 2.81. The first-order valence-electron chi connectivity index (χ1n) is 17.2. The van der Waals surface area contributed by atoms with Crippen LogP contribution in [0.15, 0.2) is 73.8 Å². The SMILES string of the molecule is C=CCCC(=O)N(C)[C@@H](C)[C@@H](OC(=O)[C@H]1[C@@H]2O[C@@]3(CC2Br)[C@@H]1C(=O)N([C@H](C)CO)[C@@H]3C(=O)N(CC=C)c1cc(C)ccc1C)c1ccccc1. The molecule has 0 aromatic heterocycles. The molecule has 0 aliphatic carbocycles. The molecule has 3 aliphatic heterocycles. The van der Waals surface area contributed by atoms with Crippen molar-refractivity contribution in [2.24, 2.45) is 11.8 Å².